The second-order valence-corrected chi connectivity index (χ2v) is 9.03. The van der Waals surface area contributed by atoms with Crippen LogP contribution in [0.1, 0.15) is 12.5 Å². The Bertz CT molecular complexity index is 924. The summed E-state index contributed by atoms with van der Waals surface area (Å²) in [5.41, 5.74) is 4.03. The molecular weight excluding hydrogens is 392 g/mol. The van der Waals surface area contributed by atoms with E-state index in [1.54, 1.807) is 20.7 Å². The summed E-state index contributed by atoms with van der Waals surface area (Å²) in [6.45, 7) is 2.60. The maximum Gasteiger partial charge on any atom is 0.157 e. The fraction of sp³-hybridized carbons (Fsp3) is 0.167. The van der Waals surface area contributed by atoms with Gasteiger partial charge in [-0.15, -0.1) is 0 Å². The van der Waals surface area contributed by atoms with Gasteiger partial charge in [0.25, 0.3) is 0 Å². The number of hydrogen-bond donors (Lipinski definition) is 1. The van der Waals surface area contributed by atoms with Crippen molar-refractivity contribution >= 4 is 44.0 Å². The third kappa shape index (κ3) is 4.43. The molecule has 1 aromatic heterocycles. The molecule has 3 rings (SSSR count). The predicted molar refractivity (Wildman–Crippen MR) is 110 cm³/mol. The molecule has 0 aliphatic carbocycles. The predicted octanol–water partition coefficient (Wildman–Crippen LogP) is 5.99. The van der Waals surface area contributed by atoms with Crippen molar-refractivity contribution in [3.8, 4) is 27.3 Å². The average molecular weight is 409 g/mol. The molecule has 2 aromatic carbocycles. The molecule has 0 fully saturated rings. The molecular formula is C18H16O3S4. The standard InChI is InChI=1S/C18H16O3S4/c1-2-21-15-9-7-13(8-10-15)16-17(23-24-18(16)22)14-5-3-12(4-6-14)11-25(19)20/h3-10H,2,11H2,1H3,(H,19,20). The Balaban J connectivity index is 1.96. The first-order valence-corrected chi connectivity index (χ1v) is 11.4. The van der Waals surface area contributed by atoms with E-state index < -0.39 is 11.1 Å². The van der Waals surface area contributed by atoms with Crippen LogP contribution in [0, 0.1) is 3.82 Å². The van der Waals surface area contributed by atoms with E-state index in [0.717, 1.165) is 36.7 Å². The van der Waals surface area contributed by atoms with Gasteiger partial charge in [0.2, 0.25) is 0 Å². The summed E-state index contributed by atoms with van der Waals surface area (Å²) in [5, 5.41) is 0. The van der Waals surface area contributed by atoms with Crippen LogP contribution in [0.25, 0.3) is 21.6 Å². The zero-order valence-corrected chi connectivity index (χ0v) is 16.7. The highest BCUT2D eigenvalue weighted by Crippen LogP contribution is 2.41. The van der Waals surface area contributed by atoms with Gasteiger partial charge in [0.15, 0.2) is 11.1 Å². The van der Waals surface area contributed by atoms with Crippen molar-refractivity contribution in [2.24, 2.45) is 0 Å². The molecule has 1 unspecified atom stereocenters. The van der Waals surface area contributed by atoms with Gasteiger partial charge < -0.3 is 9.29 Å². The largest absolute Gasteiger partial charge is 0.494 e. The van der Waals surface area contributed by atoms with E-state index in [4.69, 9.17) is 21.5 Å². The molecule has 0 spiro atoms. The minimum atomic E-state index is -1.83. The summed E-state index contributed by atoms with van der Waals surface area (Å²) in [5.74, 6) is 0.991. The first kappa shape index (κ1) is 18.4. The average Bonchev–Trinajstić information content (AvgIpc) is 2.98. The number of rotatable bonds is 6. The molecule has 130 valence electrons. The molecule has 1 N–H and O–H groups in total. The molecule has 25 heavy (non-hydrogen) atoms. The molecule has 0 amide bonds. The van der Waals surface area contributed by atoms with Crippen LogP contribution in [0.15, 0.2) is 48.5 Å². The van der Waals surface area contributed by atoms with Gasteiger partial charge in [-0.2, -0.15) is 0 Å². The second-order valence-electron chi connectivity index (χ2n) is 5.28. The Morgan fingerprint density at radius 2 is 1.68 bits per heavy atom. The Labute approximate surface area is 161 Å². The second kappa shape index (κ2) is 8.33. The van der Waals surface area contributed by atoms with Crippen molar-refractivity contribution < 1.29 is 13.5 Å². The summed E-state index contributed by atoms with van der Waals surface area (Å²) in [7, 11) is 3.24. The van der Waals surface area contributed by atoms with Crippen LogP contribution in [-0.4, -0.2) is 15.4 Å². The smallest absolute Gasteiger partial charge is 0.157 e. The van der Waals surface area contributed by atoms with Crippen molar-refractivity contribution in [1.82, 2.24) is 0 Å². The van der Waals surface area contributed by atoms with Gasteiger partial charge in [0, 0.05) is 5.56 Å². The highest BCUT2D eigenvalue weighted by Gasteiger charge is 2.13. The van der Waals surface area contributed by atoms with Gasteiger partial charge in [0.1, 0.15) is 9.57 Å². The van der Waals surface area contributed by atoms with Crippen LogP contribution in [0.2, 0.25) is 0 Å². The summed E-state index contributed by atoms with van der Waals surface area (Å²) in [4.78, 5) is 1.12. The lowest BCUT2D eigenvalue weighted by atomic mass is 10.0. The molecule has 0 saturated heterocycles. The highest BCUT2D eigenvalue weighted by molar-refractivity contribution is 7.80. The van der Waals surface area contributed by atoms with Crippen molar-refractivity contribution in [2.45, 2.75) is 12.7 Å². The lowest BCUT2D eigenvalue weighted by Crippen LogP contribution is -1.92. The molecule has 3 aromatic rings. The van der Waals surface area contributed by atoms with Gasteiger partial charge in [-0.05, 0) is 35.7 Å². The highest BCUT2D eigenvalue weighted by atomic mass is 32.9. The molecule has 1 heterocycles. The minimum absolute atomic E-state index is 0.144. The van der Waals surface area contributed by atoms with Gasteiger partial charge in [0.05, 0.1) is 17.2 Å². The first-order valence-electron chi connectivity index (χ1n) is 7.61. The monoisotopic (exact) mass is 408 g/mol. The van der Waals surface area contributed by atoms with Gasteiger partial charge >= 0.3 is 0 Å². The van der Waals surface area contributed by atoms with Crippen molar-refractivity contribution in [1.29, 1.82) is 0 Å². The fourth-order valence-corrected chi connectivity index (χ4v) is 5.87. The lowest BCUT2D eigenvalue weighted by Gasteiger charge is -2.07. The Kier molecular flexibility index (Phi) is 6.14. The fourth-order valence-electron chi connectivity index (χ4n) is 2.48. The Morgan fingerprint density at radius 3 is 2.28 bits per heavy atom. The zero-order valence-electron chi connectivity index (χ0n) is 13.4. The lowest BCUT2D eigenvalue weighted by molar-refractivity contribution is 0.340. The Hall–Kier alpha value is -1.38. The molecule has 0 radical (unpaired) electrons. The first-order chi connectivity index (χ1) is 12.1. The number of benzene rings is 2. The van der Waals surface area contributed by atoms with E-state index >= 15 is 0 Å². The Morgan fingerprint density at radius 1 is 1.04 bits per heavy atom. The summed E-state index contributed by atoms with van der Waals surface area (Å²) in [6.07, 6.45) is 0. The van der Waals surface area contributed by atoms with Crippen molar-refractivity contribution in [2.75, 3.05) is 6.61 Å². The SMILES string of the molecule is CCOc1ccc(-c2c(-c3ccc(CS(=O)O)cc3)ssc2=S)cc1. The molecule has 0 aliphatic rings. The van der Waals surface area contributed by atoms with Crippen LogP contribution in [0.4, 0.5) is 0 Å². The van der Waals surface area contributed by atoms with E-state index in [9.17, 15) is 4.21 Å². The number of hydrogen-bond acceptors (Lipinski definition) is 5. The van der Waals surface area contributed by atoms with E-state index in [1.807, 2.05) is 55.5 Å². The molecule has 0 saturated carbocycles. The topological polar surface area (TPSA) is 46.5 Å². The van der Waals surface area contributed by atoms with E-state index in [1.165, 1.54) is 0 Å². The maximum absolute atomic E-state index is 10.9. The van der Waals surface area contributed by atoms with Crippen molar-refractivity contribution in [3.05, 3.63) is 57.9 Å². The van der Waals surface area contributed by atoms with Gasteiger partial charge in [-0.1, -0.05) is 69.3 Å². The van der Waals surface area contributed by atoms with Gasteiger partial charge in [-0.25, -0.2) is 4.21 Å². The third-order valence-electron chi connectivity index (χ3n) is 3.59. The van der Waals surface area contributed by atoms with E-state index in [2.05, 4.69) is 0 Å². The van der Waals surface area contributed by atoms with Crippen molar-refractivity contribution in [3.63, 3.8) is 0 Å². The molecule has 1 atom stereocenters. The molecule has 0 bridgehead atoms. The quantitative estimate of drug-likeness (QED) is 0.309. The molecule has 7 heteroatoms. The van der Waals surface area contributed by atoms with E-state index in [0.29, 0.717) is 6.61 Å². The van der Waals surface area contributed by atoms with Crippen LogP contribution in [0.5, 0.6) is 5.75 Å². The summed E-state index contributed by atoms with van der Waals surface area (Å²) >= 11 is 3.72. The summed E-state index contributed by atoms with van der Waals surface area (Å²) < 4.78 is 26.3. The third-order valence-corrected chi connectivity index (χ3v) is 7.24. The van der Waals surface area contributed by atoms with E-state index in [-0.39, 0.29) is 5.75 Å². The maximum atomic E-state index is 10.9. The number of ether oxygens (including phenoxy) is 1. The zero-order chi connectivity index (χ0) is 17.8. The minimum Gasteiger partial charge on any atom is -0.494 e. The summed E-state index contributed by atoms with van der Waals surface area (Å²) in [6, 6.07) is 15.7. The van der Waals surface area contributed by atoms with Crippen LogP contribution >= 0.6 is 32.9 Å². The normalized spacial score (nSPS) is 12.1. The van der Waals surface area contributed by atoms with Crippen LogP contribution in [0.3, 0.4) is 0 Å². The van der Waals surface area contributed by atoms with Crippen LogP contribution < -0.4 is 4.74 Å². The van der Waals surface area contributed by atoms with Gasteiger partial charge in [-0.3, -0.25) is 0 Å². The molecule has 3 nitrogen and oxygen atoms in total. The molecule has 0 aliphatic heterocycles. The van der Waals surface area contributed by atoms with Crippen LogP contribution in [-0.2, 0) is 16.8 Å².